The van der Waals surface area contributed by atoms with Gasteiger partial charge in [0.1, 0.15) is 5.54 Å². The van der Waals surface area contributed by atoms with Gasteiger partial charge in [0.05, 0.1) is 0 Å². The molecule has 0 aromatic rings. The maximum Gasteiger partial charge on any atom is 0.323 e. The van der Waals surface area contributed by atoms with Gasteiger partial charge in [0.15, 0.2) is 0 Å². The molecule has 0 aliphatic heterocycles. The topological polar surface area (TPSA) is 49.3 Å². The summed E-state index contributed by atoms with van der Waals surface area (Å²) >= 11 is 0. The summed E-state index contributed by atoms with van der Waals surface area (Å²) in [7, 11) is 0. The zero-order valence-corrected chi connectivity index (χ0v) is 10.8. The summed E-state index contributed by atoms with van der Waals surface area (Å²) in [5, 5.41) is 12.7. The van der Waals surface area contributed by atoms with Crippen LogP contribution in [0, 0.1) is 5.92 Å². The molecule has 1 aliphatic rings. The van der Waals surface area contributed by atoms with E-state index in [4.69, 9.17) is 0 Å². The summed E-state index contributed by atoms with van der Waals surface area (Å²) in [6.45, 7) is 5.75. The number of aliphatic carboxylic acids is 1. The van der Waals surface area contributed by atoms with Crippen LogP contribution >= 0.6 is 0 Å². The van der Waals surface area contributed by atoms with Crippen molar-refractivity contribution in [1.82, 2.24) is 5.32 Å². The first-order chi connectivity index (χ1) is 7.47. The monoisotopic (exact) mass is 227 g/mol. The highest BCUT2D eigenvalue weighted by Gasteiger charge is 2.38. The Morgan fingerprint density at radius 2 is 1.75 bits per heavy atom. The zero-order valence-electron chi connectivity index (χ0n) is 10.8. The standard InChI is InChI=1S/C13H25NO2/c1-10(2)13(3,12(15)16)14-11-8-6-4-5-7-9-11/h10-11,14H,4-9H2,1-3H3,(H,15,16). The predicted molar refractivity (Wildman–Crippen MR) is 65.5 cm³/mol. The van der Waals surface area contributed by atoms with Crippen LogP contribution < -0.4 is 5.32 Å². The molecule has 0 spiro atoms. The fourth-order valence-electron chi connectivity index (χ4n) is 2.32. The fraction of sp³-hybridized carbons (Fsp3) is 0.923. The van der Waals surface area contributed by atoms with Crippen LogP contribution in [0.15, 0.2) is 0 Å². The van der Waals surface area contributed by atoms with Crippen LogP contribution in [-0.4, -0.2) is 22.7 Å². The summed E-state index contributed by atoms with van der Waals surface area (Å²) in [5.41, 5.74) is -0.783. The third-order valence-electron chi connectivity index (χ3n) is 3.96. The number of carboxylic acids is 1. The van der Waals surface area contributed by atoms with Gasteiger partial charge >= 0.3 is 5.97 Å². The van der Waals surface area contributed by atoms with Crippen LogP contribution in [-0.2, 0) is 4.79 Å². The Morgan fingerprint density at radius 3 is 2.12 bits per heavy atom. The van der Waals surface area contributed by atoms with E-state index in [0.717, 1.165) is 12.8 Å². The quantitative estimate of drug-likeness (QED) is 0.726. The molecule has 0 bridgehead atoms. The second kappa shape index (κ2) is 5.67. The van der Waals surface area contributed by atoms with Crippen LogP contribution in [0.1, 0.15) is 59.3 Å². The SMILES string of the molecule is CC(C)C(C)(NC1CCCCCC1)C(=O)O. The number of hydrogen-bond donors (Lipinski definition) is 2. The van der Waals surface area contributed by atoms with Crippen molar-refractivity contribution in [3.8, 4) is 0 Å². The largest absolute Gasteiger partial charge is 0.480 e. The van der Waals surface area contributed by atoms with Crippen LogP contribution in [0.3, 0.4) is 0 Å². The second-order valence-corrected chi connectivity index (χ2v) is 5.50. The van der Waals surface area contributed by atoms with Gasteiger partial charge in [0, 0.05) is 6.04 Å². The molecule has 0 aromatic carbocycles. The summed E-state index contributed by atoms with van der Waals surface area (Å²) in [6.07, 6.45) is 7.29. The molecular formula is C13H25NO2. The first-order valence-corrected chi connectivity index (χ1v) is 6.48. The van der Waals surface area contributed by atoms with Crippen molar-refractivity contribution in [2.45, 2.75) is 70.9 Å². The molecule has 16 heavy (non-hydrogen) atoms. The smallest absolute Gasteiger partial charge is 0.323 e. The van der Waals surface area contributed by atoms with Crippen LogP contribution in [0.25, 0.3) is 0 Å². The van der Waals surface area contributed by atoms with Crippen molar-refractivity contribution >= 4 is 5.97 Å². The van der Waals surface area contributed by atoms with Crippen molar-refractivity contribution in [3.05, 3.63) is 0 Å². The highest BCUT2D eigenvalue weighted by Crippen LogP contribution is 2.23. The Hall–Kier alpha value is -0.570. The minimum absolute atomic E-state index is 0.105. The lowest BCUT2D eigenvalue weighted by Gasteiger charge is -2.34. The van der Waals surface area contributed by atoms with E-state index in [9.17, 15) is 9.90 Å². The normalized spacial score (nSPS) is 22.8. The maximum absolute atomic E-state index is 11.4. The highest BCUT2D eigenvalue weighted by atomic mass is 16.4. The third-order valence-corrected chi connectivity index (χ3v) is 3.96. The van der Waals surface area contributed by atoms with E-state index in [-0.39, 0.29) is 5.92 Å². The lowest BCUT2D eigenvalue weighted by Crippen LogP contribution is -2.57. The molecule has 3 nitrogen and oxygen atoms in total. The van der Waals surface area contributed by atoms with Gasteiger partial charge in [-0.15, -0.1) is 0 Å². The number of carboxylic acid groups (broad SMARTS) is 1. The molecule has 1 aliphatic carbocycles. The highest BCUT2D eigenvalue weighted by molar-refractivity contribution is 5.78. The molecule has 0 amide bonds. The Balaban J connectivity index is 2.63. The van der Waals surface area contributed by atoms with Crippen LogP contribution in [0.2, 0.25) is 0 Å². The molecule has 0 heterocycles. The van der Waals surface area contributed by atoms with Crippen molar-refractivity contribution in [2.24, 2.45) is 5.92 Å². The van der Waals surface area contributed by atoms with E-state index in [1.807, 2.05) is 20.8 Å². The molecule has 1 fully saturated rings. The van der Waals surface area contributed by atoms with E-state index in [1.54, 1.807) is 0 Å². The number of carbonyl (C=O) groups is 1. The first-order valence-electron chi connectivity index (χ1n) is 6.48. The molecule has 1 atom stereocenters. The van der Waals surface area contributed by atoms with Gasteiger partial charge in [-0.3, -0.25) is 10.1 Å². The number of rotatable bonds is 4. The average molecular weight is 227 g/mol. The predicted octanol–water partition coefficient (Wildman–Crippen LogP) is 2.80. The van der Waals surface area contributed by atoms with Crippen molar-refractivity contribution in [2.75, 3.05) is 0 Å². The summed E-state index contributed by atoms with van der Waals surface area (Å²) < 4.78 is 0. The van der Waals surface area contributed by atoms with E-state index in [2.05, 4.69) is 5.32 Å². The Morgan fingerprint density at radius 1 is 1.25 bits per heavy atom. The first kappa shape index (κ1) is 13.5. The summed E-state index contributed by atoms with van der Waals surface area (Å²) in [6, 6.07) is 0.381. The summed E-state index contributed by atoms with van der Waals surface area (Å²) in [5.74, 6) is -0.625. The third kappa shape index (κ3) is 3.21. The van der Waals surface area contributed by atoms with E-state index >= 15 is 0 Å². The Kier molecular flexibility index (Phi) is 4.78. The van der Waals surface area contributed by atoms with Gasteiger partial charge in [0.2, 0.25) is 0 Å². The Bertz CT molecular complexity index is 232. The van der Waals surface area contributed by atoms with Gasteiger partial charge < -0.3 is 5.11 Å². The Labute approximate surface area is 98.6 Å². The van der Waals surface area contributed by atoms with E-state index in [0.29, 0.717) is 6.04 Å². The van der Waals surface area contributed by atoms with Crippen molar-refractivity contribution in [1.29, 1.82) is 0 Å². The lowest BCUT2D eigenvalue weighted by atomic mass is 9.87. The minimum Gasteiger partial charge on any atom is -0.480 e. The molecule has 1 rings (SSSR count). The van der Waals surface area contributed by atoms with Crippen molar-refractivity contribution in [3.63, 3.8) is 0 Å². The van der Waals surface area contributed by atoms with Gasteiger partial charge in [-0.05, 0) is 25.7 Å². The van der Waals surface area contributed by atoms with Gasteiger partial charge in [-0.1, -0.05) is 39.5 Å². The molecule has 1 saturated carbocycles. The molecule has 3 heteroatoms. The molecule has 0 aromatic heterocycles. The lowest BCUT2D eigenvalue weighted by molar-refractivity contribution is -0.146. The summed E-state index contributed by atoms with van der Waals surface area (Å²) in [4.78, 5) is 11.4. The molecule has 2 N–H and O–H groups in total. The molecule has 0 radical (unpaired) electrons. The average Bonchev–Trinajstić information content (AvgIpc) is 2.45. The van der Waals surface area contributed by atoms with E-state index < -0.39 is 11.5 Å². The molecule has 0 saturated heterocycles. The van der Waals surface area contributed by atoms with Crippen molar-refractivity contribution < 1.29 is 9.90 Å². The molecule has 1 unspecified atom stereocenters. The van der Waals surface area contributed by atoms with Crippen LogP contribution in [0.5, 0.6) is 0 Å². The number of hydrogen-bond acceptors (Lipinski definition) is 2. The van der Waals surface area contributed by atoms with Gasteiger partial charge in [-0.2, -0.15) is 0 Å². The van der Waals surface area contributed by atoms with Crippen LogP contribution in [0.4, 0.5) is 0 Å². The van der Waals surface area contributed by atoms with Gasteiger partial charge in [0.25, 0.3) is 0 Å². The molecular weight excluding hydrogens is 202 g/mol. The second-order valence-electron chi connectivity index (χ2n) is 5.50. The van der Waals surface area contributed by atoms with E-state index in [1.165, 1.54) is 25.7 Å². The fourth-order valence-corrected chi connectivity index (χ4v) is 2.32. The number of nitrogens with one attached hydrogen (secondary N) is 1. The minimum atomic E-state index is -0.783. The maximum atomic E-state index is 11.4. The zero-order chi connectivity index (χ0) is 12.2. The molecule has 94 valence electrons. The van der Waals surface area contributed by atoms with Gasteiger partial charge in [-0.25, -0.2) is 0 Å².